The number of nitrogens with two attached hydrogens (primary N) is 2. The SMILES string of the molecule is CCO[Si](OCC)(OCC)C(CCN)C(C)N. The smallest absolute Gasteiger partial charge is 0.374 e. The Hall–Kier alpha value is 0.0169. The minimum atomic E-state index is -2.71. The molecule has 2 atom stereocenters. The second-order valence-electron chi connectivity index (χ2n) is 3.95. The van der Waals surface area contributed by atoms with E-state index in [0.29, 0.717) is 26.4 Å². The van der Waals surface area contributed by atoms with Gasteiger partial charge in [0.05, 0.1) is 0 Å². The van der Waals surface area contributed by atoms with Crippen LogP contribution in [0.3, 0.4) is 0 Å². The molecule has 0 aromatic carbocycles. The molecule has 6 heteroatoms. The van der Waals surface area contributed by atoms with Crippen LogP contribution in [-0.2, 0) is 13.3 Å². The van der Waals surface area contributed by atoms with Crippen molar-refractivity contribution < 1.29 is 13.3 Å². The van der Waals surface area contributed by atoms with Crippen LogP contribution < -0.4 is 11.5 Å². The molecule has 0 aliphatic rings. The van der Waals surface area contributed by atoms with Gasteiger partial charge in [-0.2, -0.15) is 0 Å². The number of hydrogen-bond acceptors (Lipinski definition) is 5. The lowest BCUT2D eigenvalue weighted by Gasteiger charge is -2.37. The maximum Gasteiger partial charge on any atom is 0.505 e. The Bertz CT molecular complexity index is 177. The molecule has 4 N–H and O–H groups in total. The molecule has 0 rings (SSSR count). The fourth-order valence-corrected chi connectivity index (χ4v) is 5.25. The number of rotatable bonds is 10. The number of hydrogen-bond donors (Lipinski definition) is 2. The normalized spacial score (nSPS) is 15.9. The van der Waals surface area contributed by atoms with E-state index in [9.17, 15) is 0 Å². The van der Waals surface area contributed by atoms with Crippen LogP contribution in [0.15, 0.2) is 0 Å². The summed E-state index contributed by atoms with van der Waals surface area (Å²) in [6.07, 6.45) is 0.768. The minimum Gasteiger partial charge on any atom is -0.374 e. The zero-order valence-corrected chi connectivity index (χ0v) is 12.6. The van der Waals surface area contributed by atoms with Crippen LogP contribution in [0.4, 0.5) is 0 Å². The van der Waals surface area contributed by atoms with E-state index in [4.69, 9.17) is 24.7 Å². The Morgan fingerprint density at radius 1 is 1.00 bits per heavy atom. The topological polar surface area (TPSA) is 79.7 Å². The quantitative estimate of drug-likeness (QED) is 0.578. The lowest BCUT2D eigenvalue weighted by Crippen LogP contribution is -2.55. The molecular formula is C11H28N2O3Si. The standard InChI is InChI=1S/C11H28N2O3Si/c1-5-14-17(15-6-2,16-7-3)11(8-9-12)10(4)13/h10-11H,5-9,12-13H2,1-4H3. The monoisotopic (exact) mass is 264 g/mol. The van der Waals surface area contributed by atoms with E-state index in [0.717, 1.165) is 6.42 Å². The van der Waals surface area contributed by atoms with Gasteiger partial charge < -0.3 is 24.7 Å². The average Bonchev–Trinajstić information content (AvgIpc) is 2.26. The second-order valence-corrected chi connectivity index (χ2v) is 6.76. The van der Waals surface area contributed by atoms with Gasteiger partial charge in [-0.1, -0.05) is 0 Å². The fraction of sp³-hybridized carbons (Fsp3) is 1.00. The van der Waals surface area contributed by atoms with E-state index >= 15 is 0 Å². The van der Waals surface area contributed by atoms with Crippen molar-refractivity contribution in [3.8, 4) is 0 Å². The fourth-order valence-electron chi connectivity index (χ4n) is 1.99. The third kappa shape index (κ3) is 5.03. The van der Waals surface area contributed by atoms with E-state index in [1.54, 1.807) is 0 Å². The molecule has 17 heavy (non-hydrogen) atoms. The van der Waals surface area contributed by atoms with Crippen molar-refractivity contribution >= 4 is 8.80 Å². The lowest BCUT2D eigenvalue weighted by molar-refractivity contribution is 0.0575. The summed E-state index contributed by atoms with van der Waals surface area (Å²) in [5, 5.41) is 0. The highest BCUT2D eigenvalue weighted by Crippen LogP contribution is 2.31. The highest BCUT2D eigenvalue weighted by Gasteiger charge is 2.50. The maximum absolute atomic E-state index is 6.04. The van der Waals surface area contributed by atoms with Gasteiger partial charge in [-0.05, 0) is 40.7 Å². The third-order valence-corrected chi connectivity index (χ3v) is 6.40. The van der Waals surface area contributed by atoms with Gasteiger partial charge in [0.15, 0.2) is 0 Å². The molecule has 0 aliphatic heterocycles. The van der Waals surface area contributed by atoms with Gasteiger partial charge in [0.1, 0.15) is 0 Å². The van der Waals surface area contributed by atoms with Crippen LogP contribution in [0.5, 0.6) is 0 Å². The molecule has 0 aliphatic carbocycles. The summed E-state index contributed by atoms with van der Waals surface area (Å²) in [4.78, 5) is 0. The predicted molar refractivity (Wildman–Crippen MR) is 71.7 cm³/mol. The summed E-state index contributed by atoms with van der Waals surface area (Å²) in [7, 11) is -2.71. The van der Waals surface area contributed by atoms with Gasteiger partial charge in [0.25, 0.3) is 0 Å². The summed E-state index contributed by atoms with van der Waals surface area (Å²) in [5.41, 5.74) is 11.8. The second kappa shape index (κ2) is 9.01. The van der Waals surface area contributed by atoms with Crippen LogP contribution in [0.25, 0.3) is 0 Å². The van der Waals surface area contributed by atoms with Crippen LogP contribution in [0.2, 0.25) is 5.54 Å². The van der Waals surface area contributed by atoms with Crippen molar-refractivity contribution in [2.45, 2.75) is 45.7 Å². The first kappa shape index (κ1) is 17.0. The molecule has 0 bridgehead atoms. The molecule has 0 fully saturated rings. The molecule has 0 radical (unpaired) electrons. The molecule has 0 heterocycles. The summed E-state index contributed by atoms with van der Waals surface area (Å²) in [6, 6.07) is -0.0464. The maximum atomic E-state index is 6.04. The van der Waals surface area contributed by atoms with Gasteiger partial charge in [0.2, 0.25) is 0 Å². The summed E-state index contributed by atoms with van der Waals surface area (Å²) < 4.78 is 17.5. The Balaban J connectivity index is 5.01. The molecule has 0 saturated carbocycles. The van der Waals surface area contributed by atoms with Gasteiger partial charge in [0, 0.05) is 31.4 Å². The Labute approximate surface area is 106 Å². The molecule has 5 nitrogen and oxygen atoms in total. The van der Waals surface area contributed by atoms with E-state index < -0.39 is 8.80 Å². The van der Waals surface area contributed by atoms with Crippen molar-refractivity contribution in [2.24, 2.45) is 11.5 Å². The third-order valence-electron chi connectivity index (χ3n) is 2.60. The highest BCUT2D eigenvalue weighted by atomic mass is 28.4. The van der Waals surface area contributed by atoms with Gasteiger partial charge in [-0.3, -0.25) is 0 Å². The van der Waals surface area contributed by atoms with Crippen molar-refractivity contribution in [1.82, 2.24) is 0 Å². The van der Waals surface area contributed by atoms with E-state index in [1.807, 2.05) is 27.7 Å². The first-order valence-corrected chi connectivity index (χ1v) is 8.25. The van der Waals surface area contributed by atoms with Crippen LogP contribution in [-0.4, -0.2) is 41.2 Å². The van der Waals surface area contributed by atoms with E-state index in [2.05, 4.69) is 0 Å². The first-order valence-electron chi connectivity index (χ1n) is 6.45. The molecule has 0 aromatic heterocycles. The first-order chi connectivity index (χ1) is 8.07. The van der Waals surface area contributed by atoms with Crippen molar-refractivity contribution in [3.63, 3.8) is 0 Å². The summed E-state index contributed by atoms with van der Waals surface area (Å²) in [6.45, 7) is 10.1. The van der Waals surface area contributed by atoms with Crippen molar-refractivity contribution in [3.05, 3.63) is 0 Å². The van der Waals surface area contributed by atoms with Gasteiger partial charge in [-0.15, -0.1) is 0 Å². The predicted octanol–water partition coefficient (Wildman–Crippen LogP) is 1.10. The summed E-state index contributed by atoms with van der Waals surface area (Å²) in [5.74, 6) is 0. The molecule has 104 valence electrons. The summed E-state index contributed by atoms with van der Waals surface area (Å²) >= 11 is 0. The zero-order valence-electron chi connectivity index (χ0n) is 11.6. The minimum absolute atomic E-state index is 0.0464. The Morgan fingerprint density at radius 3 is 1.65 bits per heavy atom. The average molecular weight is 264 g/mol. The Morgan fingerprint density at radius 2 is 1.41 bits per heavy atom. The highest BCUT2D eigenvalue weighted by molar-refractivity contribution is 6.62. The molecular weight excluding hydrogens is 236 g/mol. The molecule has 0 spiro atoms. The largest absolute Gasteiger partial charge is 0.505 e. The molecule has 0 aromatic rings. The molecule has 0 amide bonds. The molecule has 2 unspecified atom stereocenters. The van der Waals surface area contributed by atoms with Gasteiger partial charge in [-0.25, -0.2) is 0 Å². The molecule has 0 saturated heterocycles. The van der Waals surface area contributed by atoms with Crippen LogP contribution in [0.1, 0.15) is 34.1 Å². The van der Waals surface area contributed by atoms with Gasteiger partial charge >= 0.3 is 8.80 Å². The van der Waals surface area contributed by atoms with Crippen LogP contribution >= 0.6 is 0 Å². The van der Waals surface area contributed by atoms with E-state index in [1.165, 1.54) is 0 Å². The lowest BCUT2D eigenvalue weighted by atomic mass is 10.2. The van der Waals surface area contributed by atoms with Crippen molar-refractivity contribution in [2.75, 3.05) is 26.4 Å². The van der Waals surface area contributed by atoms with Crippen LogP contribution in [0, 0.1) is 0 Å². The van der Waals surface area contributed by atoms with Crippen molar-refractivity contribution in [1.29, 1.82) is 0 Å². The van der Waals surface area contributed by atoms with E-state index in [-0.39, 0.29) is 11.6 Å². The Kier molecular flexibility index (Phi) is 9.02. The zero-order chi connectivity index (χ0) is 13.3.